The molecule has 0 saturated heterocycles. The van der Waals surface area contributed by atoms with Gasteiger partial charge in [0.25, 0.3) is 5.56 Å². The summed E-state index contributed by atoms with van der Waals surface area (Å²) in [7, 11) is 1.79. The standard InChI is InChI=1S/C20H19N5O3S2/c1-13-18(20(27)25(24(13)2)14-7-4-3-5-8-14)21-16(26)11-29-12-17-22-19(23-28-17)15-9-6-10-30-15/h3-10H,11-12H2,1-2H3,(H,21,26). The van der Waals surface area contributed by atoms with Crippen LogP contribution in [0.4, 0.5) is 5.69 Å². The average molecular weight is 442 g/mol. The number of carbonyl (C=O) groups is 1. The van der Waals surface area contributed by atoms with Crippen LogP contribution in [0.2, 0.25) is 0 Å². The summed E-state index contributed by atoms with van der Waals surface area (Å²) < 4.78 is 8.49. The Kier molecular flexibility index (Phi) is 5.86. The number of carbonyl (C=O) groups excluding carboxylic acids is 1. The molecule has 0 spiro atoms. The topological polar surface area (TPSA) is 95.0 Å². The van der Waals surface area contributed by atoms with Crippen LogP contribution in [0.5, 0.6) is 0 Å². The number of nitrogens with one attached hydrogen (secondary N) is 1. The molecule has 0 unspecified atom stereocenters. The number of benzene rings is 1. The van der Waals surface area contributed by atoms with E-state index in [4.69, 9.17) is 4.52 Å². The molecule has 4 aromatic rings. The number of hydrogen-bond donors (Lipinski definition) is 1. The molecular weight excluding hydrogens is 422 g/mol. The van der Waals surface area contributed by atoms with E-state index in [1.165, 1.54) is 27.8 Å². The molecule has 0 aliphatic heterocycles. The molecule has 0 radical (unpaired) electrons. The van der Waals surface area contributed by atoms with Crippen molar-refractivity contribution in [2.45, 2.75) is 12.7 Å². The summed E-state index contributed by atoms with van der Waals surface area (Å²) in [6.07, 6.45) is 0. The smallest absolute Gasteiger partial charge is 0.295 e. The molecule has 30 heavy (non-hydrogen) atoms. The second-order valence-corrected chi connectivity index (χ2v) is 8.40. The highest BCUT2D eigenvalue weighted by atomic mass is 32.2. The van der Waals surface area contributed by atoms with Crippen LogP contribution in [-0.2, 0) is 17.6 Å². The predicted octanol–water partition coefficient (Wildman–Crippen LogP) is 3.47. The first-order valence-electron chi connectivity index (χ1n) is 9.12. The maximum absolute atomic E-state index is 12.8. The minimum atomic E-state index is -0.267. The quantitative estimate of drug-likeness (QED) is 0.472. The number of para-hydroxylation sites is 1. The number of thioether (sulfide) groups is 1. The van der Waals surface area contributed by atoms with Crippen LogP contribution in [0, 0.1) is 6.92 Å². The molecular formula is C20H19N5O3S2. The summed E-state index contributed by atoms with van der Waals surface area (Å²) in [5, 5.41) is 8.64. The Bertz CT molecular complexity index is 1210. The lowest BCUT2D eigenvalue weighted by Gasteiger charge is -2.07. The van der Waals surface area contributed by atoms with E-state index in [1.807, 2.05) is 47.8 Å². The fourth-order valence-electron chi connectivity index (χ4n) is 2.94. The Labute approximate surface area is 180 Å². The highest BCUT2D eigenvalue weighted by Gasteiger charge is 2.18. The Morgan fingerprint density at radius 3 is 2.77 bits per heavy atom. The van der Waals surface area contributed by atoms with Crippen LogP contribution in [0.3, 0.4) is 0 Å². The lowest BCUT2D eigenvalue weighted by atomic mass is 10.3. The Morgan fingerprint density at radius 2 is 2.03 bits per heavy atom. The van der Waals surface area contributed by atoms with Gasteiger partial charge in [-0.1, -0.05) is 29.4 Å². The van der Waals surface area contributed by atoms with Gasteiger partial charge in [0.2, 0.25) is 17.6 Å². The van der Waals surface area contributed by atoms with Crippen molar-refractivity contribution in [1.29, 1.82) is 0 Å². The highest BCUT2D eigenvalue weighted by Crippen LogP contribution is 2.22. The van der Waals surface area contributed by atoms with E-state index in [-0.39, 0.29) is 22.9 Å². The van der Waals surface area contributed by atoms with Gasteiger partial charge in [-0.15, -0.1) is 23.1 Å². The van der Waals surface area contributed by atoms with Gasteiger partial charge >= 0.3 is 0 Å². The number of nitrogens with zero attached hydrogens (tertiary/aromatic N) is 4. The van der Waals surface area contributed by atoms with E-state index in [2.05, 4.69) is 15.5 Å². The first kappa shape index (κ1) is 20.2. The van der Waals surface area contributed by atoms with Gasteiger partial charge in [0, 0.05) is 7.05 Å². The fourth-order valence-corrected chi connectivity index (χ4v) is 4.24. The Balaban J connectivity index is 1.38. The lowest BCUT2D eigenvalue weighted by Crippen LogP contribution is -2.23. The van der Waals surface area contributed by atoms with Crippen LogP contribution in [-0.4, -0.2) is 31.2 Å². The molecule has 154 valence electrons. The van der Waals surface area contributed by atoms with E-state index in [1.54, 1.807) is 18.7 Å². The molecule has 0 aliphatic carbocycles. The van der Waals surface area contributed by atoms with Gasteiger partial charge in [-0.25, -0.2) is 4.68 Å². The fraction of sp³-hybridized carbons (Fsp3) is 0.200. The van der Waals surface area contributed by atoms with Gasteiger partial charge in [0.15, 0.2) is 0 Å². The summed E-state index contributed by atoms with van der Waals surface area (Å²) >= 11 is 2.88. The minimum Gasteiger partial charge on any atom is -0.338 e. The van der Waals surface area contributed by atoms with Crippen molar-refractivity contribution in [2.24, 2.45) is 7.05 Å². The van der Waals surface area contributed by atoms with Crippen molar-refractivity contribution in [3.63, 3.8) is 0 Å². The van der Waals surface area contributed by atoms with Gasteiger partial charge in [-0.2, -0.15) is 4.98 Å². The van der Waals surface area contributed by atoms with Crippen molar-refractivity contribution in [2.75, 3.05) is 11.1 Å². The van der Waals surface area contributed by atoms with Crippen molar-refractivity contribution < 1.29 is 9.32 Å². The molecule has 8 nitrogen and oxygen atoms in total. The molecule has 0 saturated carbocycles. The number of rotatable bonds is 7. The zero-order valence-corrected chi connectivity index (χ0v) is 18.0. The second kappa shape index (κ2) is 8.72. The first-order valence-corrected chi connectivity index (χ1v) is 11.2. The number of aromatic nitrogens is 4. The van der Waals surface area contributed by atoms with Crippen molar-refractivity contribution in [3.05, 3.63) is 69.8 Å². The molecule has 4 rings (SSSR count). The van der Waals surface area contributed by atoms with Crippen molar-refractivity contribution in [3.8, 4) is 16.4 Å². The maximum Gasteiger partial charge on any atom is 0.295 e. The first-order chi connectivity index (χ1) is 14.5. The molecule has 1 N–H and O–H groups in total. The summed E-state index contributed by atoms with van der Waals surface area (Å²) in [6.45, 7) is 1.80. The highest BCUT2D eigenvalue weighted by molar-refractivity contribution is 7.99. The summed E-state index contributed by atoms with van der Waals surface area (Å²) in [5.74, 6) is 1.32. The van der Waals surface area contributed by atoms with E-state index in [0.29, 0.717) is 23.2 Å². The van der Waals surface area contributed by atoms with Crippen LogP contribution >= 0.6 is 23.1 Å². The third kappa shape index (κ3) is 4.10. The third-order valence-corrected chi connectivity index (χ3v) is 6.27. The van der Waals surface area contributed by atoms with E-state index >= 15 is 0 Å². The molecule has 0 bridgehead atoms. The molecule has 0 fully saturated rings. The maximum atomic E-state index is 12.8. The molecule has 0 atom stereocenters. The summed E-state index contributed by atoms with van der Waals surface area (Å²) in [5.41, 5.74) is 1.43. The average Bonchev–Trinajstić information content (AvgIpc) is 3.47. The van der Waals surface area contributed by atoms with Crippen LogP contribution < -0.4 is 10.9 Å². The van der Waals surface area contributed by atoms with Crippen molar-refractivity contribution in [1.82, 2.24) is 19.5 Å². The van der Waals surface area contributed by atoms with Crippen LogP contribution in [0.25, 0.3) is 16.4 Å². The van der Waals surface area contributed by atoms with Gasteiger partial charge in [0.1, 0.15) is 5.69 Å². The molecule has 1 amide bonds. The lowest BCUT2D eigenvalue weighted by molar-refractivity contribution is -0.113. The van der Waals surface area contributed by atoms with Gasteiger partial charge < -0.3 is 9.84 Å². The Hall–Kier alpha value is -3.11. The van der Waals surface area contributed by atoms with Gasteiger partial charge in [-0.3, -0.25) is 14.3 Å². The largest absolute Gasteiger partial charge is 0.338 e. The van der Waals surface area contributed by atoms with Gasteiger partial charge in [0.05, 0.1) is 27.8 Å². The van der Waals surface area contributed by atoms with Crippen LogP contribution in [0.15, 0.2) is 57.2 Å². The minimum absolute atomic E-state index is 0.163. The van der Waals surface area contributed by atoms with E-state index in [9.17, 15) is 9.59 Å². The zero-order valence-electron chi connectivity index (χ0n) is 16.4. The predicted molar refractivity (Wildman–Crippen MR) is 118 cm³/mol. The zero-order chi connectivity index (χ0) is 21.1. The Morgan fingerprint density at radius 1 is 1.23 bits per heavy atom. The summed E-state index contributed by atoms with van der Waals surface area (Å²) in [6, 6.07) is 13.1. The third-order valence-electron chi connectivity index (χ3n) is 4.49. The molecule has 3 aromatic heterocycles. The normalized spacial score (nSPS) is 11.0. The number of thiophene rings is 1. The molecule has 3 heterocycles. The SMILES string of the molecule is Cc1c(NC(=O)CSCc2nc(-c3cccs3)no2)c(=O)n(-c2ccccc2)n1C. The number of amides is 1. The molecule has 10 heteroatoms. The van der Waals surface area contributed by atoms with Crippen LogP contribution in [0.1, 0.15) is 11.6 Å². The molecule has 0 aliphatic rings. The molecule has 1 aromatic carbocycles. The monoisotopic (exact) mass is 441 g/mol. The van der Waals surface area contributed by atoms with E-state index in [0.717, 1.165) is 10.6 Å². The number of anilines is 1. The number of hydrogen-bond acceptors (Lipinski definition) is 7. The van der Waals surface area contributed by atoms with Gasteiger partial charge in [-0.05, 0) is 30.5 Å². The van der Waals surface area contributed by atoms with E-state index < -0.39 is 0 Å². The summed E-state index contributed by atoms with van der Waals surface area (Å²) in [4.78, 5) is 30.5. The second-order valence-electron chi connectivity index (χ2n) is 6.47. The van der Waals surface area contributed by atoms with Crippen molar-refractivity contribution >= 4 is 34.7 Å².